The van der Waals surface area contributed by atoms with Crippen LogP contribution >= 0.6 is 0 Å². The van der Waals surface area contributed by atoms with Crippen molar-refractivity contribution >= 4 is 5.57 Å². The van der Waals surface area contributed by atoms with Gasteiger partial charge in [-0.2, -0.15) is 0 Å². The second kappa shape index (κ2) is 16.6. The molecule has 0 aromatic heterocycles. The number of benzene rings is 2. The summed E-state index contributed by atoms with van der Waals surface area (Å²) in [6.45, 7) is 12.5. The molecule has 1 N–H and O–H groups in total. The molecule has 2 heteroatoms. The molecule has 1 atom stereocenters. The molecule has 26 heavy (non-hydrogen) atoms. The van der Waals surface area contributed by atoms with Crippen LogP contribution in [0.3, 0.4) is 0 Å². The Morgan fingerprint density at radius 3 is 1.31 bits per heavy atom. The molecule has 2 aromatic carbocycles. The van der Waals surface area contributed by atoms with Gasteiger partial charge in [-0.3, -0.25) is 0 Å². The minimum absolute atomic E-state index is 0.408. The zero-order valence-corrected chi connectivity index (χ0v) is 18.2. The van der Waals surface area contributed by atoms with Crippen molar-refractivity contribution in [3.63, 3.8) is 0 Å². The number of hydrogen-bond donors (Lipinski definition) is 1. The van der Waals surface area contributed by atoms with Crippen molar-refractivity contribution in [3.05, 3.63) is 77.4 Å². The van der Waals surface area contributed by atoms with Gasteiger partial charge in [-0.15, -0.1) is 0 Å². The lowest BCUT2D eigenvalue weighted by Crippen LogP contribution is -2.26. The highest BCUT2D eigenvalue weighted by atomic mass is 16.2. The zero-order chi connectivity index (χ0) is 20.5. The van der Waals surface area contributed by atoms with Crippen molar-refractivity contribution in [2.45, 2.75) is 47.6 Å². The third kappa shape index (κ3) is 8.46. The Morgan fingerprint density at radius 1 is 0.731 bits per heavy atom. The fourth-order valence-electron chi connectivity index (χ4n) is 2.43. The van der Waals surface area contributed by atoms with E-state index < -0.39 is 0 Å². The Hall–Kier alpha value is -1.90. The third-order valence-corrected chi connectivity index (χ3v) is 3.92. The number of likely N-dealkylation sites (N-methyl/N-ethyl adjacent to an activating group) is 1. The van der Waals surface area contributed by atoms with Gasteiger partial charge in [0.05, 0.1) is 0 Å². The van der Waals surface area contributed by atoms with Crippen molar-refractivity contribution in [2.24, 2.45) is 0 Å². The topological polar surface area (TPSA) is 23.5 Å². The monoisotopic (exact) mass is 357 g/mol. The first-order valence-corrected chi connectivity index (χ1v) is 9.54. The lowest BCUT2D eigenvalue weighted by atomic mass is 9.90. The second-order valence-corrected chi connectivity index (χ2v) is 5.43. The van der Waals surface area contributed by atoms with Gasteiger partial charge in [0.15, 0.2) is 0 Å². The van der Waals surface area contributed by atoms with Crippen LogP contribution in [-0.4, -0.2) is 37.3 Å². The number of rotatable bonds is 4. The quantitative estimate of drug-likeness (QED) is 0.712. The highest BCUT2D eigenvalue weighted by Crippen LogP contribution is 2.29. The molecule has 1 unspecified atom stereocenters. The molecule has 0 bridgehead atoms. The van der Waals surface area contributed by atoms with Gasteiger partial charge in [0.2, 0.25) is 0 Å². The Balaban J connectivity index is 0. The smallest absolute Gasteiger partial charge is 0.0319 e. The molecule has 0 aliphatic carbocycles. The molecule has 0 saturated heterocycles. The molecule has 2 rings (SSSR count). The van der Waals surface area contributed by atoms with Crippen molar-refractivity contribution < 1.29 is 5.11 Å². The van der Waals surface area contributed by atoms with E-state index in [1.54, 1.807) is 0 Å². The summed E-state index contributed by atoms with van der Waals surface area (Å²) >= 11 is 0. The predicted molar refractivity (Wildman–Crippen MR) is 119 cm³/mol. The summed E-state index contributed by atoms with van der Waals surface area (Å²) in [4.78, 5) is 2.25. The molecular weight excluding hydrogens is 318 g/mol. The Labute approximate surface area is 162 Å². The van der Waals surface area contributed by atoms with Crippen LogP contribution in [0.25, 0.3) is 5.57 Å². The van der Waals surface area contributed by atoms with Crippen molar-refractivity contribution in [2.75, 3.05) is 21.2 Å². The molecule has 0 heterocycles. The van der Waals surface area contributed by atoms with E-state index in [1.807, 2.05) is 27.7 Å². The van der Waals surface area contributed by atoms with E-state index in [-0.39, 0.29) is 0 Å². The first kappa shape index (κ1) is 26.3. The average molecular weight is 358 g/mol. The maximum Gasteiger partial charge on any atom is 0.0319 e. The van der Waals surface area contributed by atoms with E-state index in [0.29, 0.717) is 6.04 Å². The van der Waals surface area contributed by atoms with Crippen LogP contribution in [0.15, 0.2) is 66.2 Å². The van der Waals surface area contributed by atoms with Crippen LogP contribution in [0.2, 0.25) is 0 Å². The van der Waals surface area contributed by atoms with E-state index in [4.69, 9.17) is 5.11 Å². The van der Waals surface area contributed by atoms with Gasteiger partial charge >= 0.3 is 0 Å². The van der Waals surface area contributed by atoms with Gasteiger partial charge < -0.3 is 10.0 Å². The van der Waals surface area contributed by atoms with Gasteiger partial charge in [0, 0.05) is 13.2 Å². The summed E-state index contributed by atoms with van der Waals surface area (Å²) in [6.07, 6.45) is 0. The Morgan fingerprint density at radius 2 is 1.04 bits per heavy atom. The first-order chi connectivity index (χ1) is 12.6. The minimum atomic E-state index is 0.408. The third-order valence-electron chi connectivity index (χ3n) is 3.92. The van der Waals surface area contributed by atoms with E-state index in [0.717, 1.165) is 7.11 Å². The number of hydrogen-bond acceptors (Lipinski definition) is 2. The lowest BCUT2D eigenvalue weighted by Gasteiger charge is -2.24. The molecular formula is C24H39NO. The Bertz CT molecular complexity index is 532. The normalized spacial score (nSPS) is 10.1. The van der Waals surface area contributed by atoms with Crippen LogP contribution in [0.4, 0.5) is 0 Å². The maximum atomic E-state index is 7.00. The van der Waals surface area contributed by atoms with Crippen LogP contribution < -0.4 is 0 Å². The summed E-state index contributed by atoms with van der Waals surface area (Å²) in [7, 11) is 5.25. The molecule has 146 valence electrons. The highest BCUT2D eigenvalue weighted by Gasteiger charge is 2.14. The fraction of sp³-hybridized carbons (Fsp3) is 0.417. The molecule has 0 fully saturated rings. The van der Waals surface area contributed by atoms with Crippen molar-refractivity contribution in [1.29, 1.82) is 0 Å². The number of aliphatic hydroxyl groups excluding tert-OH is 1. The standard InChI is InChI=1S/C19H23N.2C2H6.CH4O/c1-15(16(2)20(3)4)19(17-11-7-5-8-12-17)18-13-9-6-10-14-18;3*1-2/h5-14,16H,1-4H3;2*1-2H3;2H,1H3. The molecule has 0 aliphatic heterocycles. The van der Waals surface area contributed by atoms with Crippen molar-refractivity contribution in [3.8, 4) is 0 Å². The van der Waals surface area contributed by atoms with E-state index in [9.17, 15) is 0 Å². The molecule has 2 aromatic rings. The van der Waals surface area contributed by atoms with E-state index in [1.165, 1.54) is 22.3 Å². The molecule has 0 spiro atoms. The summed E-state index contributed by atoms with van der Waals surface area (Å²) in [6, 6.07) is 21.7. The summed E-state index contributed by atoms with van der Waals surface area (Å²) in [5.74, 6) is 0. The average Bonchev–Trinajstić information content (AvgIpc) is 2.73. The van der Waals surface area contributed by atoms with Crippen LogP contribution in [0.5, 0.6) is 0 Å². The summed E-state index contributed by atoms with van der Waals surface area (Å²) in [5.41, 5.74) is 5.30. The minimum Gasteiger partial charge on any atom is -0.400 e. The zero-order valence-electron chi connectivity index (χ0n) is 18.2. The van der Waals surface area contributed by atoms with Crippen LogP contribution in [0, 0.1) is 0 Å². The molecule has 0 radical (unpaired) electrons. The van der Waals surface area contributed by atoms with Crippen LogP contribution in [-0.2, 0) is 0 Å². The van der Waals surface area contributed by atoms with Crippen LogP contribution in [0.1, 0.15) is 52.7 Å². The Kier molecular flexibility index (Phi) is 16.8. The first-order valence-electron chi connectivity index (χ1n) is 9.54. The largest absolute Gasteiger partial charge is 0.400 e. The predicted octanol–water partition coefficient (Wildman–Crippen LogP) is 6.12. The van der Waals surface area contributed by atoms with Crippen molar-refractivity contribution in [1.82, 2.24) is 4.90 Å². The molecule has 0 amide bonds. The van der Waals surface area contributed by atoms with E-state index >= 15 is 0 Å². The number of aliphatic hydroxyl groups is 1. The van der Waals surface area contributed by atoms with Gasteiger partial charge in [0.25, 0.3) is 0 Å². The van der Waals surface area contributed by atoms with Gasteiger partial charge in [-0.25, -0.2) is 0 Å². The molecule has 2 nitrogen and oxygen atoms in total. The SMILES string of the molecule is CC.CC.CC(=C(c1ccccc1)c1ccccc1)C(C)N(C)C.CO. The summed E-state index contributed by atoms with van der Waals surface area (Å²) in [5, 5.41) is 7.00. The highest BCUT2D eigenvalue weighted by molar-refractivity contribution is 5.82. The molecule has 0 saturated carbocycles. The second-order valence-electron chi connectivity index (χ2n) is 5.43. The fourth-order valence-corrected chi connectivity index (χ4v) is 2.43. The number of nitrogens with zero attached hydrogens (tertiary/aromatic N) is 1. The van der Waals surface area contributed by atoms with E-state index in [2.05, 4.69) is 93.5 Å². The van der Waals surface area contributed by atoms with Gasteiger partial charge in [0.1, 0.15) is 0 Å². The van der Waals surface area contributed by atoms with Gasteiger partial charge in [-0.1, -0.05) is 88.4 Å². The summed E-state index contributed by atoms with van der Waals surface area (Å²) < 4.78 is 0. The molecule has 0 aliphatic rings. The lowest BCUT2D eigenvalue weighted by molar-refractivity contribution is 0.351. The maximum absolute atomic E-state index is 7.00. The van der Waals surface area contributed by atoms with Gasteiger partial charge in [-0.05, 0) is 50.2 Å².